The molecule has 2 aromatic carbocycles. The number of nitro benzene ring substituents is 2. The molecule has 0 aromatic heterocycles. The van der Waals surface area contributed by atoms with Gasteiger partial charge in [0.05, 0.1) is 26.5 Å². The molecule has 2 aliphatic rings. The molecule has 2 N–H and O–H groups in total. The first-order valence-electron chi connectivity index (χ1n) is 11.7. The zero-order valence-electron chi connectivity index (χ0n) is 21.9. The van der Waals surface area contributed by atoms with Gasteiger partial charge in [-0.15, -0.1) is 0 Å². The first-order chi connectivity index (χ1) is 18.3. The number of hydrogen-bond acceptors (Lipinski definition) is 8. The molecule has 0 aliphatic carbocycles. The van der Waals surface area contributed by atoms with Gasteiger partial charge >= 0.3 is 5.97 Å². The lowest BCUT2D eigenvalue weighted by molar-refractivity contribution is -0.385. The Hall–Kier alpha value is -4.25. The number of nitrogens with zero attached hydrogens (tertiary/aromatic N) is 3. The van der Waals surface area contributed by atoms with E-state index in [-0.39, 0.29) is 41.9 Å². The quantitative estimate of drug-likeness (QED) is 0.244. The summed E-state index contributed by atoms with van der Waals surface area (Å²) in [6, 6.07) is 11.2. The lowest BCUT2D eigenvalue weighted by atomic mass is 10.1. The molecule has 3 amide bonds. The van der Waals surface area contributed by atoms with Gasteiger partial charge in [0, 0.05) is 50.2 Å². The van der Waals surface area contributed by atoms with E-state index in [1.807, 2.05) is 0 Å². The molecule has 0 saturated carbocycles. The highest BCUT2D eigenvalue weighted by Gasteiger charge is 2.29. The molecule has 0 spiro atoms. The predicted octanol–water partition coefficient (Wildman–Crippen LogP) is 1.68. The standard InChI is InChI=1S/C11H10N2O4.C8H7NO4.C3H5NO.H3P/c14-10-5-6-12(10)11(15)7-8-1-3-9(4-2-8)13(16)17;10-8(11)5-6-1-3-7(4-2-6)9(12)13;5-3-1-2-4-3;/h1-4H,5-7H2;1-4H,5H2,(H,10,11);1-2H2,(H,4,5);1H3/i;;;1T3. The van der Waals surface area contributed by atoms with Gasteiger partial charge in [-0.3, -0.25) is 44.3 Å². The monoisotopic (exact) mass is 526 g/mol. The Balaban J connectivity index is 0.000000302. The smallest absolute Gasteiger partial charge is 0.307 e. The van der Waals surface area contributed by atoms with Crippen LogP contribution < -0.4 is 5.32 Å². The topological polar surface area (TPSA) is 190 Å². The van der Waals surface area contributed by atoms with Gasteiger partial charge in [0.25, 0.3) is 11.4 Å². The third-order valence-electron chi connectivity index (χ3n) is 4.83. The highest BCUT2D eigenvalue weighted by Crippen LogP contribution is 2.15. The number of likely N-dealkylation sites (tertiary alicyclic amines) is 1. The van der Waals surface area contributed by atoms with E-state index in [2.05, 4.69) is 5.32 Å². The number of non-ortho nitro benzene ring substituents is 2. The van der Waals surface area contributed by atoms with Crippen LogP contribution in [0.4, 0.5) is 11.4 Å². The van der Waals surface area contributed by atoms with Crippen LogP contribution in [0.3, 0.4) is 0 Å². The van der Waals surface area contributed by atoms with Gasteiger partial charge in [-0.2, -0.15) is 9.73 Å². The summed E-state index contributed by atoms with van der Waals surface area (Å²) in [7, 11) is -1.87. The van der Waals surface area contributed by atoms with Gasteiger partial charge < -0.3 is 10.4 Å². The van der Waals surface area contributed by atoms with Crippen LogP contribution in [0.15, 0.2) is 48.5 Å². The Morgan fingerprint density at radius 2 is 1.36 bits per heavy atom. The van der Waals surface area contributed by atoms with Gasteiger partial charge in [0.15, 0.2) is 0 Å². The molecule has 2 aromatic rings. The number of carboxylic acids is 1. The van der Waals surface area contributed by atoms with Crippen molar-refractivity contribution in [3.05, 3.63) is 79.9 Å². The summed E-state index contributed by atoms with van der Waals surface area (Å²) in [5.74, 6) is -1.18. The molecule has 13 nitrogen and oxygen atoms in total. The zero-order valence-corrected chi connectivity index (χ0v) is 19.8. The van der Waals surface area contributed by atoms with E-state index in [4.69, 9.17) is 8.94 Å². The number of carbonyl (C=O) groups is 4. The lowest BCUT2D eigenvalue weighted by Crippen LogP contribution is -2.48. The van der Waals surface area contributed by atoms with Gasteiger partial charge in [0.1, 0.15) is 0 Å². The van der Waals surface area contributed by atoms with Crippen molar-refractivity contribution in [1.82, 2.24) is 10.2 Å². The molecule has 2 saturated heterocycles. The first kappa shape index (κ1) is 24.9. The highest BCUT2D eigenvalue weighted by atomic mass is 31.0. The fourth-order valence-corrected chi connectivity index (χ4v) is 2.72. The van der Waals surface area contributed by atoms with E-state index in [9.17, 15) is 39.4 Å². The number of carboxylic acid groups (broad SMARTS) is 1. The van der Waals surface area contributed by atoms with Crippen molar-refractivity contribution in [2.24, 2.45) is 0 Å². The van der Waals surface area contributed by atoms with Crippen LogP contribution in [-0.2, 0) is 32.0 Å². The van der Waals surface area contributed by atoms with Crippen molar-refractivity contribution in [3.8, 4) is 0 Å². The molecule has 36 heavy (non-hydrogen) atoms. The van der Waals surface area contributed by atoms with Crippen LogP contribution in [0, 0.1) is 20.2 Å². The molecule has 0 bridgehead atoms. The van der Waals surface area contributed by atoms with Crippen LogP contribution in [0.1, 0.15) is 24.0 Å². The maximum absolute atomic E-state index is 11.6. The maximum Gasteiger partial charge on any atom is 0.307 e. The lowest BCUT2D eigenvalue weighted by Gasteiger charge is -2.28. The van der Waals surface area contributed by atoms with Crippen molar-refractivity contribution in [1.29, 1.82) is 3.84 Å². The maximum atomic E-state index is 11.6. The molecule has 2 heterocycles. The van der Waals surface area contributed by atoms with E-state index in [1.165, 1.54) is 53.4 Å². The number of aliphatic carboxylic acids is 1. The molecule has 14 heteroatoms. The Morgan fingerprint density at radius 3 is 1.61 bits per heavy atom. The summed E-state index contributed by atoms with van der Waals surface area (Å²) >= 11 is 0. The van der Waals surface area contributed by atoms with E-state index < -0.39 is 25.6 Å². The van der Waals surface area contributed by atoms with Crippen molar-refractivity contribution in [2.75, 3.05) is 13.1 Å². The summed E-state index contributed by atoms with van der Waals surface area (Å²) in [5, 5.41) is 31.6. The molecule has 4 rings (SSSR count). The fraction of sp³-hybridized carbons (Fsp3) is 0.273. The number of carbonyl (C=O) groups excluding carboxylic acids is 3. The van der Waals surface area contributed by atoms with Gasteiger partial charge in [-0.05, 0) is 11.1 Å². The van der Waals surface area contributed by atoms with Crippen molar-refractivity contribution < 1.29 is 34.1 Å². The second kappa shape index (κ2) is 14.2. The van der Waals surface area contributed by atoms with Crippen molar-refractivity contribution in [3.63, 3.8) is 0 Å². The van der Waals surface area contributed by atoms with Gasteiger partial charge in [-0.25, -0.2) is 0 Å². The Morgan fingerprint density at radius 1 is 0.944 bits per heavy atom. The number of benzene rings is 2. The number of hydrogen-bond donors (Lipinski definition) is 2. The highest BCUT2D eigenvalue weighted by molar-refractivity contribution is 6.92. The van der Waals surface area contributed by atoms with Gasteiger partial charge in [0.2, 0.25) is 17.7 Å². The van der Waals surface area contributed by atoms with Crippen molar-refractivity contribution >= 4 is 44.8 Å². The molecule has 2 fully saturated rings. The minimum absolute atomic E-state index is 0.0128. The number of nitro groups is 2. The van der Waals surface area contributed by atoms with Gasteiger partial charge in [-0.1, -0.05) is 24.3 Å². The average molecular weight is 526 g/mol. The second-order valence-corrected chi connectivity index (χ2v) is 7.38. The molecular formula is C22H25N4O9P. The number of amides is 3. The Bertz CT molecular complexity index is 1170. The predicted molar refractivity (Wildman–Crippen MR) is 131 cm³/mol. The second-order valence-electron chi connectivity index (χ2n) is 7.38. The van der Waals surface area contributed by atoms with Crippen LogP contribution in [0.5, 0.6) is 0 Å². The molecule has 192 valence electrons. The normalized spacial score (nSPS) is 14.1. The number of rotatable bonds is 6. The molecule has 0 radical (unpaired) electrons. The van der Waals surface area contributed by atoms with E-state index >= 15 is 0 Å². The largest absolute Gasteiger partial charge is 0.481 e. The minimum Gasteiger partial charge on any atom is -0.481 e. The third kappa shape index (κ3) is 9.55. The average Bonchev–Trinajstić information content (AvgIpc) is 2.82. The van der Waals surface area contributed by atoms with Crippen LogP contribution in [0.2, 0.25) is 0 Å². The van der Waals surface area contributed by atoms with E-state index in [0.29, 0.717) is 24.1 Å². The Labute approximate surface area is 212 Å². The third-order valence-corrected chi connectivity index (χ3v) is 4.83. The SMILES string of the molecule is O=C(O)Cc1ccc([N+](=O)[O-])cc1.O=C1CCN1.O=C1CCN1C(=O)Cc1ccc([N+](=O)[O-])cc1.[3H]P([3H])[3H]. The van der Waals surface area contributed by atoms with E-state index in [0.717, 1.165) is 13.0 Å². The Kier molecular flexibility index (Phi) is 9.82. The summed E-state index contributed by atoms with van der Waals surface area (Å²) in [4.78, 5) is 63.5. The van der Waals surface area contributed by atoms with E-state index in [1.54, 1.807) is 0 Å². The van der Waals surface area contributed by atoms with Crippen molar-refractivity contribution in [2.45, 2.75) is 25.7 Å². The molecular weight excluding hydrogens is 495 g/mol. The fourth-order valence-electron chi connectivity index (χ4n) is 2.72. The minimum atomic E-state index is -1.87. The van der Waals surface area contributed by atoms with Crippen LogP contribution in [-0.4, -0.2) is 60.5 Å². The molecule has 0 atom stereocenters. The zero-order chi connectivity index (χ0) is 29.5. The number of β-lactam (4-membered cyclic amide) rings is 2. The molecule has 2 aliphatic heterocycles. The number of imide groups is 1. The number of nitrogens with one attached hydrogen (secondary N) is 1. The van der Waals surface area contributed by atoms with Crippen LogP contribution >= 0.6 is 9.73 Å². The summed E-state index contributed by atoms with van der Waals surface area (Å²) in [6.45, 7) is 1.36. The summed E-state index contributed by atoms with van der Waals surface area (Å²) in [6.07, 6.45) is 1.15. The first-order valence-corrected chi connectivity index (χ1v) is 10.3. The summed E-state index contributed by atoms with van der Waals surface area (Å²) in [5.41, 5.74) is 1.17. The summed E-state index contributed by atoms with van der Waals surface area (Å²) < 4.78 is 17.9. The van der Waals surface area contributed by atoms with Crippen LogP contribution in [0.25, 0.3) is 0 Å². The molecule has 0 unspecified atom stereocenters.